The molecule has 0 aliphatic heterocycles. The second-order valence-corrected chi connectivity index (χ2v) is 6.01. The zero-order valence-corrected chi connectivity index (χ0v) is 15.4. The van der Waals surface area contributed by atoms with E-state index in [1.165, 1.54) is 0 Å². The van der Waals surface area contributed by atoms with Crippen molar-refractivity contribution in [2.45, 2.75) is 13.8 Å². The van der Waals surface area contributed by atoms with Gasteiger partial charge in [-0.2, -0.15) is 5.10 Å². The summed E-state index contributed by atoms with van der Waals surface area (Å²) in [5, 5.41) is 10.6. The van der Waals surface area contributed by atoms with Crippen LogP contribution in [0.25, 0.3) is 10.9 Å². The Hall–Kier alpha value is -3.35. The van der Waals surface area contributed by atoms with Crippen LogP contribution in [0.5, 0.6) is 5.75 Å². The monoisotopic (exact) mass is 366 g/mol. The number of aromatic amines is 1. The highest BCUT2D eigenvalue weighted by atomic mass is 16.5. The number of aromatic nitrogens is 2. The molecule has 27 heavy (non-hydrogen) atoms. The molecule has 1 aromatic heterocycles. The van der Waals surface area contributed by atoms with E-state index in [1.54, 1.807) is 35.4 Å². The van der Waals surface area contributed by atoms with Gasteiger partial charge in [0.15, 0.2) is 6.61 Å². The van der Waals surface area contributed by atoms with Crippen molar-refractivity contribution < 1.29 is 14.3 Å². The minimum atomic E-state index is -0.267. The van der Waals surface area contributed by atoms with Crippen molar-refractivity contribution in [2.75, 3.05) is 25.0 Å². The zero-order chi connectivity index (χ0) is 19.2. The van der Waals surface area contributed by atoms with Gasteiger partial charge in [-0.1, -0.05) is 0 Å². The number of benzene rings is 2. The lowest BCUT2D eigenvalue weighted by Gasteiger charge is -2.18. The van der Waals surface area contributed by atoms with Crippen LogP contribution in [0, 0.1) is 0 Å². The van der Waals surface area contributed by atoms with Crippen molar-refractivity contribution in [3.05, 3.63) is 54.2 Å². The van der Waals surface area contributed by atoms with E-state index >= 15 is 0 Å². The number of ether oxygens (including phenoxy) is 1. The zero-order valence-electron chi connectivity index (χ0n) is 15.4. The van der Waals surface area contributed by atoms with Crippen LogP contribution in [0.3, 0.4) is 0 Å². The van der Waals surface area contributed by atoms with Gasteiger partial charge in [-0.3, -0.25) is 14.7 Å². The van der Waals surface area contributed by atoms with E-state index in [-0.39, 0.29) is 18.4 Å². The highest BCUT2D eigenvalue weighted by Crippen LogP contribution is 2.17. The van der Waals surface area contributed by atoms with Crippen LogP contribution in [-0.2, 0) is 4.79 Å². The van der Waals surface area contributed by atoms with E-state index < -0.39 is 0 Å². The summed E-state index contributed by atoms with van der Waals surface area (Å²) >= 11 is 0. The molecule has 0 spiro atoms. The number of carbonyl (C=O) groups excluding carboxylic acids is 2. The van der Waals surface area contributed by atoms with E-state index in [9.17, 15) is 9.59 Å². The quantitative estimate of drug-likeness (QED) is 0.673. The lowest BCUT2D eigenvalue weighted by molar-refractivity contribution is -0.118. The first-order chi connectivity index (χ1) is 13.1. The molecule has 2 amide bonds. The third-order valence-electron chi connectivity index (χ3n) is 4.25. The van der Waals surface area contributed by atoms with Crippen molar-refractivity contribution in [1.29, 1.82) is 0 Å². The molecule has 140 valence electrons. The molecule has 2 N–H and O–H groups in total. The van der Waals surface area contributed by atoms with Crippen LogP contribution in [0.15, 0.2) is 48.7 Å². The van der Waals surface area contributed by atoms with E-state index in [0.717, 1.165) is 10.9 Å². The molecule has 1 heterocycles. The first-order valence-electron chi connectivity index (χ1n) is 8.85. The number of hydrogen-bond acceptors (Lipinski definition) is 4. The summed E-state index contributed by atoms with van der Waals surface area (Å²) in [5.41, 5.74) is 2.12. The van der Waals surface area contributed by atoms with Crippen LogP contribution in [0.4, 0.5) is 5.69 Å². The normalized spacial score (nSPS) is 10.6. The van der Waals surface area contributed by atoms with Crippen molar-refractivity contribution in [3.8, 4) is 5.75 Å². The fourth-order valence-corrected chi connectivity index (χ4v) is 2.75. The molecule has 7 heteroatoms. The van der Waals surface area contributed by atoms with E-state index in [4.69, 9.17) is 4.74 Å². The summed E-state index contributed by atoms with van der Waals surface area (Å²) in [7, 11) is 0. The molecule has 0 unspecified atom stereocenters. The number of amides is 2. The van der Waals surface area contributed by atoms with Crippen LogP contribution in [0.2, 0.25) is 0 Å². The lowest BCUT2D eigenvalue weighted by Crippen LogP contribution is -2.30. The summed E-state index contributed by atoms with van der Waals surface area (Å²) in [6, 6.07) is 12.3. The van der Waals surface area contributed by atoms with Gasteiger partial charge in [-0.15, -0.1) is 0 Å². The van der Waals surface area contributed by atoms with Gasteiger partial charge in [-0.05, 0) is 56.3 Å². The summed E-state index contributed by atoms with van der Waals surface area (Å²) in [6.45, 7) is 5.10. The largest absolute Gasteiger partial charge is 0.484 e. The fraction of sp³-hybridized carbons (Fsp3) is 0.250. The second kappa shape index (κ2) is 8.35. The average molecular weight is 366 g/mol. The van der Waals surface area contributed by atoms with E-state index in [2.05, 4.69) is 15.5 Å². The highest BCUT2D eigenvalue weighted by Gasteiger charge is 2.12. The smallest absolute Gasteiger partial charge is 0.262 e. The van der Waals surface area contributed by atoms with E-state index in [1.807, 2.05) is 32.0 Å². The Balaban J connectivity index is 1.54. The Labute approximate surface area is 157 Å². The first-order valence-corrected chi connectivity index (χ1v) is 8.85. The van der Waals surface area contributed by atoms with Crippen LogP contribution >= 0.6 is 0 Å². The number of H-pyrrole nitrogens is 1. The fourth-order valence-electron chi connectivity index (χ4n) is 2.75. The third-order valence-corrected chi connectivity index (χ3v) is 4.25. The number of anilines is 1. The minimum Gasteiger partial charge on any atom is -0.484 e. The van der Waals surface area contributed by atoms with Gasteiger partial charge < -0.3 is 15.0 Å². The summed E-state index contributed by atoms with van der Waals surface area (Å²) in [6.07, 6.45) is 1.72. The number of carbonyl (C=O) groups is 2. The topological polar surface area (TPSA) is 87.3 Å². The minimum absolute atomic E-state index is 0.0153. The standard InChI is InChI=1S/C20H22N4O3/c1-3-24(4-2)20(26)14-6-9-17(10-7-14)27-13-19(25)22-16-8-5-15-12-21-23-18(15)11-16/h5-12H,3-4,13H2,1-2H3,(H,21,23)(H,22,25). The van der Waals surface area contributed by atoms with Crippen LogP contribution < -0.4 is 10.1 Å². The molecule has 3 rings (SSSR count). The molecule has 7 nitrogen and oxygen atoms in total. The highest BCUT2D eigenvalue weighted by molar-refractivity contribution is 5.95. The molecule has 0 aliphatic rings. The van der Waals surface area contributed by atoms with Crippen LogP contribution in [0.1, 0.15) is 24.2 Å². The predicted molar refractivity (Wildman–Crippen MR) is 104 cm³/mol. The van der Waals surface area contributed by atoms with E-state index in [0.29, 0.717) is 30.1 Å². The van der Waals surface area contributed by atoms with Gasteiger partial charge in [0.2, 0.25) is 0 Å². The van der Waals surface area contributed by atoms with Gasteiger partial charge >= 0.3 is 0 Å². The van der Waals surface area contributed by atoms with Gasteiger partial charge in [0.25, 0.3) is 11.8 Å². The van der Waals surface area contributed by atoms with Crippen molar-refractivity contribution in [1.82, 2.24) is 15.1 Å². The molecular weight excluding hydrogens is 344 g/mol. The summed E-state index contributed by atoms with van der Waals surface area (Å²) < 4.78 is 5.50. The first kappa shape index (κ1) is 18.4. The molecule has 3 aromatic rings. The number of fused-ring (bicyclic) bond motifs is 1. The summed E-state index contributed by atoms with van der Waals surface area (Å²) in [4.78, 5) is 26.1. The molecule has 0 aliphatic carbocycles. The van der Waals surface area contributed by atoms with Gasteiger partial charge in [0.05, 0.1) is 11.7 Å². The molecule has 0 atom stereocenters. The molecule has 0 saturated heterocycles. The number of nitrogens with one attached hydrogen (secondary N) is 2. The molecule has 0 fully saturated rings. The van der Waals surface area contributed by atoms with Crippen molar-refractivity contribution >= 4 is 28.4 Å². The molecule has 0 bridgehead atoms. The Kier molecular flexibility index (Phi) is 5.71. The average Bonchev–Trinajstić information content (AvgIpc) is 3.15. The SMILES string of the molecule is CCN(CC)C(=O)c1ccc(OCC(=O)Nc2ccc3cn[nH]c3c2)cc1. The Bertz CT molecular complexity index is 930. The lowest BCUT2D eigenvalue weighted by atomic mass is 10.2. The number of hydrogen-bond donors (Lipinski definition) is 2. The van der Waals surface area contributed by atoms with Gasteiger partial charge in [0.1, 0.15) is 5.75 Å². The third kappa shape index (κ3) is 4.44. The van der Waals surface area contributed by atoms with Crippen molar-refractivity contribution in [3.63, 3.8) is 0 Å². The predicted octanol–water partition coefficient (Wildman–Crippen LogP) is 3.06. The second-order valence-electron chi connectivity index (χ2n) is 6.01. The Morgan fingerprint density at radius 2 is 1.85 bits per heavy atom. The van der Waals surface area contributed by atoms with Crippen molar-refractivity contribution in [2.24, 2.45) is 0 Å². The Morgan fingerprint density at radius 1 is 1.11 bits per heavy atom. The number of nitrogens with zero attached hydrogens (tertiary/aromatic N) is 2. The molecule has 0 radical (unpaired) electrons. The molecule has 2 aromatic carbocycles. The number of rotatable bonds is 7. The maximum atomic E-state index is 12.3. The van der Waals surface area contributed by atoms with Gasteiger partial charge in [-0.25, -0.2) is 0 Å². The molecular formula is C20H22N4O3. The van der Waals surface area contributed by atoms with Crippen LogP contribution in [-0.4, -0.2) is 46.6 Å². The Morgan fingerprint density at radius 3 is 2.56 bits per heavy atom. The maximum Gasteiger partial charge on any atom is 0.262 e. The van der Waals surface area contributed by atoms with Gasteiger partial charge in [0, 0.05) is 29.7 Å². The summed E-state index contributed by atoms with van der Waals surface area (Å²) in [5.74, 6) is 0.251. The molecule has 0 saturated carbocycles. The maximum absolute atomic E-state index is 12.3.